The van der Waals surface area contributed by atoms with E-state index in [-0.39, 0.29) is 24.7 Å². The van der Waals surface area contributed by atoms with Gasteiger partial charge in [-0.2, -0.15) is 13.2 Å². The molecule has 1 saturated heterocycles. The lowest BCUT2D eigenvalue weighted by Gasteiger charge is -2.23. The van der Waals surface area contributed by atoms with E-state index in [4.69, 9.17) is 9.52 Å². The first-order valence-electron chi connectivity index (χ1n) is 11.9. The van der Waals surface area contributed by atoms with E-state index in [1.807, 2.05) is 4.90 Å². The van der Waals surface area contributed by atoms with Crippen molar-refractivity contribution in [3.8, 4) is 11.5 Å². The maximum Gasteiger partial charge on any atom is 0.452 e. The van der Waals surface area contributed by atoms with Crippen LogP contribution in [0.25, 0.3) is 11.5 Å². The third kappa shape index (κ3) is 7.58. The van der Waals surface area contributed by atoms with Gasteiger partial charge in [0.25, 0.3) is 5.91 Å². The lowest BCUT2D eigenvalue weighted by atomic mass is 10.2. The van der Waals surface area contributed by atoms with Crippen molar-refractivity contribution in [1.29, 1.82) is 0 Å². The number of aliphatic carboxylic acids is 1. The van der Waals surface area contributed by atoms with Crippen LogP contribution in [0.5, 0.6) is 0 Å². The second kappa shape index (κ2) is 12.8. The Morgan fingerprint density at radius 2 is 1.67 bits per heavy atom. The molecule has 0 bridgehead atoms. The molecule has 1 aromatic heterocycles. The highest BCUT2D eigenvalue weighted by molar-refractivity contribution is 6.32. The van der Waals surface area contributed by atoms with E-state index in [1.54, 1.807) is 42.5 Å². The molecule has 1 amide bonds. The van der Waals surface area contributed by atoms with Gasteiger partial charge < -0.3 is 24.6 Å². The Labute approximate surface area is 228 Å². The van der Waals surface area contributed by atoms with Crippen molar-refractivity contribution < 1.29 is 37.1 Å². The van der Waals surface area contributed by atoms with Crippen LogP contribution in [0.15, 0.2) is 59.0 Å². The number of nitrogens with one attached hydrogen (secondary N) is 1. The summed E-state index contributed by atoms with van der Waals surface area (Å²) in [6.07, 6.45) is -4.15. The van der Waals surface area contributed by atoms with Gasteiger partial charge in [-0.05, 0) is 49.4 Å². The molecule has 13 heteroatoms. The van der Waals surface area contributed by atoms with E-state index >= 15 is 0 Å². The van der Waals surface area contributed by atoms with Crippen LogP contribution in [0, 0.1) is 0 Å². The van der Waals surface area contributed by atoms with Crippen molar-refractivity contribution in [3.05, 3.63) is 66.1 Å². The lowest BCUT2D eigenvalue weighted by molar-refractivity contribution is -0.153. The number of amides is 1. The summed E-state index contributed by atoms with van der Waals surface area (Å²) in [4.78, 5) is 42.8. The van der Waals surface area contributed by atoms with Crippen molar-refractivity contribution in [2.75, 3.05) is 42.9 Å². The largest absolute Gasteiger partial charge is 0.476 e. The molecule has 1 aliphatic rings. The number of carboxylic acid groups (broad SMARTS) is 1. The summed E-state index contributed by atoms with van der Waals surface area (Å²) in [5.41, 5.74) is 0.607. The van der Waals surface area contributed by atoms with Gasteiger partial charge in [0, 0.05) is 49.5 Å². The summed E-state index contributed by atoms with van der Waals surface area (Å²) in [6, 6.07) is 14.7. The van der Waals surface area contributed by atoms with Crippen molar-refractivity contribution in [2.45, 2.75) is 19.0 Å². The molecule has 208 valence electrons. The number of carbonyl (C=O) groups excluding carboxylic acids is 2. The fourth-order valence-electron chi connectivity index (χ4n) is 4.14. The van der Waals surface area contributed by atoms with Gasteiger partial charge in [0.1, 0.15) is 0 Å². The number of carbonyl (C=O) groups is 3. The standard InChI is InChI=1S/C26H25F3N4O5.ClH/c27-26(28,29)22-21(31-24(38-22)17-5-2-1-3-6-17)23(35)30-18-7-9-19(10-8-18)33-13-4-12-32(15-16-33)14-11-20(34)25(36)37;/h1-3,5-10H,4,11-16H2,(H,30,35)(H,36,37);1H. The minimum Gasteiger partial charge on any atom is -0.476 e. The van der Waals surface area contributed by atoms with E-state index < -0.39 is 35.3 Å². The summed E-state index contributed by atoms with van der Waals surface area (Å²) < 4.78 is 45.6. The average molecular weight is 567 g/mol. The van der Waals surface area contributed by atoms with E-state index in [0.717, 1.165) is 25.2 Å². The maximum absolute atomic E-state index is 13.6. The molecule has 0 aliphatic carbocycles. The number of alkyl halides is 3. The number of Topliss-reactive ketones (excluding diaryl/α,β-unsaturated/α-hetero) is 1. The number of hydrogen-bond donors (Lipinski definition) is 2. The van der Waals surface area contributed by atoms with Crippen molar-refractivity contribution in [2.24, 2.45) is 0 Å². The first kappa shape index (κ1) is 29.7. The SMILES string of the molecule is Cl.O=C(O)C(=O)CCN1CCCN(c2ccc(NC(=O)c3nc(-c4ccccc4)oc3C(F)(F)F)cc2)CC1. The monoisotopic (exact) mass is 566 g/mol. The highest BCUT2D eigenvalue weighted by Crippen LogP contribution is 2.35. The van der Waals surface area contributed by atoms with Crippen LogP contribution in [0.1, 0.15) is 29.1 Å². The Hall–Kier alpha value is -3.90. The van der Waals surface area contributed by atoms with Gasteiger partial charge in [-0.15, -0.1) is 12.4 Å². The topological polar surface area (TPSA) is 116 Å². The molecule has 0 spiro atoms. The average Bonchev–Trinajstić information content (AvgIpc) is 3.23. The predicted molar refractivity (Wildman–Crippen MR) is 139 cm³/mol. The summed E-state index contributed by atoms with van der Waals surface area (Å²) >= 11 is 0. The maximum atomic E-state index is 13.6. The van der Waals surface area contributed by atoms with Crippen molar-refractivity contribution in [1.82, 2.24) is 9.88 Å². The van der Waals surface area contributed by atoms with Crippen LogP contribution >= 0.6 is 12.4 Å². The molecule has 0 unspecified atom stereocenters. The number of ketones is 1. The number of anilines is 2. The van der Waals surface area contributed by atoms with E-state index in [1.165, 1.54) is 12.1 Å². The molecule has 1 fully saturated rings. The summed E-state index contributed by atoms with van der Waals surface area (Å²) in [7, 11) is 0. The van der Waals surface area contributed by atoms with Gasteiger partial charge in [0.2, 0.25) is 17.4 Å². The third-order valence-corrected chi connectivity index (χ3v) is 6.09. The van der Waals surface area contributed by atoms with Crippen LogP contribution in [0.3, 0.4) is 0 Å². The Morgan fingerprint density at radius 1 is 0.974 bits per heavy atom. The first-order chi connectivity index (χ1) is 18.1. The Kier molecular flexibility index (Phi) is 9.71. The van der Waals surface area contributed by atoms with Crippen molar-refractivity contribution in [3.63, 3.8) is 0 Å². The Morgan fingerprint density at radius 3 is 2.31 bits per heavy atom. The normalized spacial score (nSPS) is 14.3. The number of rotatable bonds is 8. The van der Waals surface area contributed by atoms with Gasteiger partial charge in [0.05, 0.1) is 0 Å². The minimum absolute atomic E-state index is 0. The molecule has 2 heterocycles. The number of halogens is 4. The van der Waals surface area contributed by atoms with Crippen LogP contribution in [0.2, 0.25) is 0 Å². The highest BCUT2D eigenvalue weighted by atomic mass is 35.5. The summed E-state index contributed by atoms with van der Waals surface area (Å²) in [5.74, 6) is -5.06. The Balaban J connectivity index is 0.00000420. The number of carboxylic acids is 1. The molecular formula is C26H26ClF3N4O5. The van der Waals surface area contributed by atoms with Crippen molar-refractivity contribution >= 4 is 41.4 Å². The van der Waals surface area contributed by atoms with Crippen LogP contribution in [-0.4, -0.2) is 65.4 Å². The molecule has 2 N–H and O–H groups in total. The lowest BCUT2D eigenvalue weighted by Crippen LogP contribution is -2.32. The van der Waals surface area contributed by atoms with Gasteiger partial charge >= 0.3 is 12.1 Å². The minimum atomic E-state index is -4.90. The number of nitrogens with zero attached hydrogens (tertiary/aromatic N) is 3. The highest BCUT2D eigenvalue weighted by Gasteiger charge is 2.42. The number of benzene rings is 2. The first-order valence-corrected chi connectivity index (χ1v) is 11.9. The van der Waals surface area contributed by atoms with Crippen LogP contribution < -0.4 is 10.2 Å². The van der Waals surface area contributed by atoms with Gasteiger partial charge in [-0.1, -0.05) is 18.2 Å². The van der Waals surface area contributed by atoms with E-state index in [9.17, 15) is 27.6 Å². The molecular weight excluding hydrogens is 541 g/mol. The molecule has 39 heavy (non-hydrogen) atoms. The molecule has 1 aliphatic heterocycles. The molecule has 3 aromatic rings. The number of hydrogen-bond acceptors (Lipinski definition) is 7. The second-order valence-corrected chi connectivity index (χ2v) is 8.72. The zero-order valence-electron chi connectivity index (χ0n) is 20.6. The molecule has 4 rings (SSSR count). The molecule has 9 nitrogen and oxygen atoms in total. The number of aromatic nitrogens is 1. The smallest absolute Gasteiger partial charge is 0.452 e. The van der Waals surface area contributed by atoms with Gasteiger partial charge in [-0.25, -0.2) is 9.78 Å². The predicted octanol–water partition coefficient (Wildman–Crippen LogP) is 4.59. The molecule has 0 atom stereocenters. The van der Waals surface area contributed by atoms with Gasteiger partial charge in [0.15, 0.2) is 5.69 Å². The third-order valence-electron chi connectivity index (χ3n) is 6.09. The summed E-state index contributed by atoms with van der Waals surface area (Å²) in [6.45, 7) is 3.11. The fraction of sp³-hybridized carbons (Fsp3) is 0.308. The van der Waals surface area contributed by atoms with E-state index in [0.29, 0.717) is 30.9 Å². The molecule has 0 saturated carbocycles. The molecule has 0 radical (unpaired) electrons. The Bertz CT molecular complexity index is 1300. The number of oxazole rings is 1. The second-order valence-electron chi connectivity index (χ2n) is 8.72. The quantitative estimate of drug-likeness (QED) is 0.380. The molecule has 2 aromatic carbocycles. The zero-order valence-corrected chi connectivity index (χ0v) is 21.4. The van der Waals surface area contributed by atoms with Crippen LogP contribution in [-0.2, 0) is 15.8 Å². The van der Waals surface area contributed by atoms with E-state index in [2.05, 4.69) is 15.2 Å². The zero-order chi connectivity index (χ0) is 27.3. The van der Waals surface area contributed by atoms with Crippen LogP contribution in [0.4, 0.5) is 24.5 Å². The summed E-state index contributed by atoms with van der Waals surface area (Å²) in [5, 5.41) is 11.2. The fourth-order valence-corrected chi connectivity index (χ4v) is 4.14. The van der Waals surface area contributed by atoms with Gasteiger partial charge in [-0.3, -0.25) is 9.59 Å².